The molecule has 0 bridgehead atoms. The van der Waals surface area contributed by atoms with Gasteiger partial charge in [0.05, 0.1) is 0 Å². The van der Waals surface area contributed by atoms with Crippen molar-refractivity contribution < 1.29 is 9.90 Å². The molecule has 1 aromatic carbocycles. The van der Waals surface area contributed by atoms with Gasteiger partial charge in [0, 0.05) is 18.7 Å². The Morgan fingerprint density at radius 3 is 2.71 bits per heavy atom. The van der Waals surface area contributed by atoms with Crippen molar-refractivity contribution in [3.63, 3.8) is 0 Å². The van der Waals surface area contributed by atoms with Gasteiger partial charge >= 0.3 is 0 Å². The van der Waals surface area contributed by atoms with Crippen LogP contribution >= 0.6 is 0 Å². The molecule has 17 heavy (non-hydrogen) atoms. The minimum Gasteiger partial charge on any atom is -0.396 e. The molecule has 0 aliphatic rings. The number of aliphatic hydroxyl groups is 1. The number of carbonyl (C=O) groups excluding carboxylic acids is 1. The Balaban J connectivity index is 2.46. The molecular formula is C14H19NO2. The van der Waals surface area contributed by atoms with Crippen LogP contribution in [-0.4, -0.2) is 23.7 Å². The van der Waals surface area contributed by atoms with Crippen LogP contribution in [0.15, 0.2) is 36.4 Å². The molecule has 0 heterocycles. The van der Waals surface area contributed by atoms with Crippen molar-refractivity contribution in [2.24, 2.45) is 0 Å². The predicted octanol–water partition coefficient (Wildman–Crippen LogP) is 1.98. The molecule has 1 unspecified atom stereocenters. The summed E-state index contributed by atoms with van der Waals surface area (Å²) in [5.41, 5.74) is 0.998. The van der Waals surface area contributed by atoms with Crippen LogP contribution in [0.2, 0.25) is 0 Å². The molecule has 1 rings (SSSR count). The van der Waals surface area contributed by atoms with Gasteiger partial charge in [0.1, 0.15) is 0 Å². The van der Waals surface area contributed by atoms with Gasteiger partial charge in [-0.15, -0.1) is 0 Å². The first-order chi connectivity index (χ1) is 8.26. The zero-order valence-electron chi connectivity index (χ0n) is 10.1. The van der Waals surface area contributed by atoms with E-state index in [0.29, 0.717) is 6.42 Å². The van der Waals surface area contributed by atoms with Crippen LogP contribution in [0.5, 0.6) is 0 Å². The zero-order chi connectivity index (χ0) is 12.5. The SMILES string of the molecule is CCC(CCO)NC(=O)/C=C/c1ccccc1. The normalized spacial score (nSPS) is 12.6. The minimum absolute atomic E-state index is 0.0490. The average Bonchev–Trinajstić information content (AvgIpc) is 2.37. The van der Waals surface area contributed by atoms with Crippen LogP contribution in [0, 0.1) is 0 Å². The highest BCUT2D eigenvalue weighted by Crippen LogP contribution is 2.01. The molecule has 0 aliphatic heterocycles. The minimum atomic E-state index is -0.117. The summed E-state index contributed by atoms with van der Waals surface area (Å²) in [4.78, 5) is 11.6. The molecule has 2 N–H and O–H groups in total. The fraction of sp³-hybridized carbons (Fsp3) is 0.357. The second kappa shape index (κ2) is 7.63. The first-order valence-corrected chi connectivity index (χ1v) is 5.90. The summed E-state index contributed by atoms with van der Waals surface area (Å²) in [6.45, 7) is 2.09. The average molecular weight is 233 g/mol. The fourth-order valence-electron chi connectivity index (χ4n) is 1.52. The largest absolute Gasteiger partial charge is 0.396 e. The smallest absolute Gasteiger partial charge is 0.244 e. The third-order valence-corrected chi connectivity index (χ3v) is 2.54. The van der Waals surface area contributed by atoms with Gasteiger partial charge in [-0.2, -0.15) is 0 Å². The van der Waals surface area contributed by atoms with Gasteiger partial charge in [-0.05, 0) is 24.5 Å². The van der Waals surface area contributed by atoms with Gasteiger partial charge in [-0.3, -0.25) is 4.79 Å². The maximum atomic E-state index is 11.6. The molecule has 1 amide bonds. The van der Waals surface area contributed by atoms with Crippen molar-refractivity contribution in [3.8, 4) is 0 Å². The summed E-state index contributed by atoms with van der Waals surface area (Å²) in [7, 11) is 0. The van der Waals surface area contributed by atoms with Crippen molar-refractivity contribution >= 4 is 12.0 Å². The van der Waals surface area contributed by atoms with Crippen LogP contribution in [0.3, 0.4) is 0 Å². The molecule has 0 aromatic heterocycles. The van der Waals surface area contributed by atoms with E-state index in [4.69, 9.17) is 5.11 Å². The molecule has 0 radical (unpaired) electrons. The van der Waals surface area contributed by atoms with E-state index in [1.54, 1.807) is 6.08 Å². The standard InChI is InChI=1S/C14H19NO2/c1-2-13(10-11-16)15-14(17)9-8-12-6-4-3-5-7-12/h3-9,13,16H,2,10-11H2,1H3,(H,15,17)/b9-8+. The van der Waals surface area contributed by atoms with E-state index in [9.17, 15) is 4.79 Å². The van der Waals surface area contributed by atoms with E-state index in [2.05, 4.69) is 5.32 Å². The van der Waals surface area contributed by atoms with Gasteiger partial charge in [0.15, 0.2) is 0 Å². The van der Waals surface area contributed by atoms with Crippen LogP contribution in [0.4, 0.5) is 0 Å². The number of benzene rings is 1. The molecule has 0 fully saturated rings. The molecule has 0 saturated heterocycles. The lowest BCUT2D eigenvalue weighted by molar-refractivity contribution is -0.117. The number of aliphatic hydroxyl groups excluding tert-OH is 1. The summed E-state index contributed by atoms with van der Waals surface area (Å²) < 4.78 is 0. The topological polar surface area (TPSA) is 49.3 Å². The number of carbonyl (C=O) groups is 1. The Kier molecular flexibility index (Phi) is 6.04. The van der Waals surface area contributed by atoms with Gasteiger partial charge in [0.25, 0.3) is 0 Å². The number of hydrogen-bond acceptors (Lipinski definition) is 2. The van der Waals surface area contributed by atoms with Crippen LogP contribution in [0.1, 0.15) is 25.3 Å². The summed E-state index contributed by atoms with van der Waals surface area (Å²) in [6, 6.07) is 9.72. The third-order valence-electron chi connectivity index (χ3n) is 2.54. The zero-order valence-corrected chi connectivity index (χ0v) is 10.1. The van der Waals surface area contributed by atoms with E-state index in [-0.39, 0.29) is 18.6 Å². The summed E-state index contributed by atoms with van der Waals surface area (Å²) in [5.74, 6) is -0.117. The number of rotatable bonds is 6. The maximum absolute atomic E-state index is 11.6. The molecular weight excluding hydrogens is 214 g/mol. The lowest BCUT2D eigenvalue weighted by Crippen LogP contribution is -2.33. The Labute approximate surface area is 102 Å². The van der Waals surface area contributed by atoms with Crippen LogP contribution < -0.4 is 5.32 Å². The third kappa shape index (κ3) is 5.31. The molecule has 92 valence electrons. The summed E-state index contributed by atoms with van der Waals surface area (Å²) in [6.07, 6.45) is 4.73. The molecule has 1 atom stereocenters. The van der Waals surface area contributed by atoms with E-state index >= 15 is 0 Å². The number of amides is 1. The highest BCUT2D eigenvalue weighted by atomic mass is 16.3. The van der Waals surface area contributed by atoms with E-state index in [1.165, 1.54) is 6.08 Å². The highest BCUT2D eigenvalue weighted by Gasteiger charge is 2.06. The van der Waals surface area contributed by atoms with Gasteiger partial charge in [-0.25, -0.2) is 0 Å². The Bertz CT molecular complexity index is 360. The van der Waals surface area contributed by atoms with Crippen molar-refractivity contribution in [3.05, 3.63) is 42.0 Å². The van der Waals surface area contributed by atoms with Crippen molar-refractivity contribution in [1.29, 1.82) is 0 Å². The van der Waals surface area contributed by atoms with Gasteiger partial charge in [0.2, 0.25) is 5.91 Å². The van der Waals surface area contributed by atoms with E-state index in [0.717, 1.165) is 12.0 Å². The van der Waals surface area contributed by atoms with Crippen molar-refractivity contribution in [2.45, 2.75) is 25.8 Å². The first kappa shape index (κ1) is 13.5. The molecule has 3 heteroatoms. The highest BCUT2D eigenvalue weighted by molar-refractivity contribution is 5.91. The number of hydrogen-bond donors (Lipinski definition) is 2. The summed E-state index contributed by atoms with van der Waals surface area (Å²) in [5, 5.41) is 11.7. The second-order valence-electron chi connectivity index (χ2n) is 3.87. The Morgan fingerprint density at radius 1 is 1.41 bits per heavy atom. The Morgan fingerprint density at radius 2 is 2.12 bits per heavy atom. The fourth-order valence-corrected chi connectivity index (χ4v) is 1.52. The molecule has 3 nitrogen and oxygen atoms in total. The van der Waals surface area contributed by atoms with Crippen molar-refractivity contribution in [1.82, 2.24) is 5.32 Å². The second-order valence-corrected chi connectivity index (χ2v) is 3.87. The number of nitrogens with one attached hydrogen (secondary N) is 1. The first-order valence-electron chi connectivity index (χ1n) is 5.90. The lowest BCUT2D eigenvalue weighted by atomic mass is 10.1. The molecule has 0 spiro atoms. The quantitative estimate of drug-likeness (QED) is 0.738. The maximum Gasteiger partial charge on any atom is 0.244 e. The summed E-state index contributed by atoms with van der Waals surface area (Å²) >= 11 is 0. The molecule has 0 saturated carbocycles. The van der Waals surface area contributed by atoms with E-state index < -0.39 is 0 Å². The van der Waals surface area contributed by atoms with Gasteiger partial charge in [-0.1, -0.05) is 37.3 Å². The predicted molar refractivity (Wildman–Crippen MR) is 69.4 cm³/mol. The lowest BCUT2D eigenvalue weighted by Gasteiger charge is -2.13. The monoisotopic (exact) mass is 233 g/mol. The van der Waals surface area contributed by atoms with Gasteiger partial charge < -0.3 is 10.4 Å². The van der Waals surface area contributed by atoms with Crippen molar-refractivity contribution in [2.75, 3.05) is 6.61 Å². The molecule has 0 aliphatic carbocycles. The van der Waals surface area contributed by atoms with E-state index in [1.807, 2.05) is 37.3 Å². The Hall–Kier alpha value is -1.61. The van der Waals surface area contributed by atoms with Crippen LogP contribution in [0.25, 0.3) is 6.08 Å². The van der Waals surface area contributed by atoms with Crippen LogP contribution in [-0.2, 0) is 4.79 Å². The molecule has 1 aromatic rings.